The third kappa shape index (κ3) is 4.07. The first kappa shape index (κ1) is 18.5. The van der Waals surface area contributed by atoms with E-state index in [1.807, 2.05) is 0 Å². The van der Waals surface area contributed by atoms with Crippen molar-refractivity contribution in [1.29, 1.82) is 0 Å². The van der Waals surface area contributed by atoms with Crippen molar-refractivity contribution in [2.24, 2.45) is 0 Å². The van der Waals surface area contributed by atoms with E-state index in [1.165, 1.54) is 27.7 Å². The number of halogens is 2. The maximum Gasteiger partial charge on any atom is 0.329 e. The van der Waals surface area contributed by atoms with Crippen LogP contribution in [0.4, 0.5) is 8.78 Å². The molecule has 1 atom stereocenters. The van der Waals surface area contributed by atoms with Gasteiger partial charge in [0.15, 0.2) is 0 Å². The lowest BCUT2D eigenvalue weighted by Gasteiger charge is -2.15. The predicted octanol–water partition coefficient (Wildman–Crippen LogP) is 1.53. The van der Waals surface area contributed by atoms with E-state index < -0.39 is 28.3 Å². The number of ether oxygens (including phenoxy) is 1. The summed E-state index contributed by atoms with van der Waals surface area (Å²) in [5.41, 5.74) is 0.221. The van der Waals surface area contributed by atoms with Crippen molar-refractivity contribution in [3.63, 3.8) is 0 Å². The van der Waals surface area contributed by atoms with Crippen molar-refractivity contribution in [2.45, 2.75) is 29.7 Å². The van der Waals surface area contributed by atoms with E-state index in [1.54, 1.807) is 18.2 Å². The quantitative estimate of drug-likeness (QED) is 0.814. The fraction of sp³-hybridized carbons (Fsp3) is 0.375. The van der Waals surface area contributed by atoms with E-state index in [4.69, 9.17) is 4.74 Å². The molecule has 1 N–H and O–H groups in total. The van der Waals surface area contributed by atoms with Crippen molar-refractivity contribution in [3.05, 3.63) is 48.3 Å². The summed E-state index contributed by atoms with van der Waals surface area (Å²) >= 11 is 0. The topological polar surface area (TPSA) is 90.3 Å². The van der Waals surface area contributed by atoms with Gasteiger partial charge in [0.25, 0.3) is 10.0 Å². The lowest BCUT2D eigenvalue weighted by Crippen LogP contribution is -2.44. The number of nitrogens with one attached hydrogen (secondary N) is 1. The Balaban J connectivity index is 1.71. The van der Waals surface area contributed by atoms with Crippen LogP contribution in [0.15, 0.2) is 47.6 Å². The first-order valence-corrected chi connectivity index (χ1v) is 9.37. The summed E-state index contributed by atoms with van der Waals surface area (Å²) in [5, 5.41) is 3.92. The van der Waals surface area contributed by atoms with E-state index in [0.29, 0.717) is 19.6 Å². The van der Waals surface area contributed by atoms with Gasteiger partial charge in [-0.3, -0.25) is 9.48 Å². The summed E-state index contributed by atoms with van der Waals surface area (Å²) in [6, 6.07) is 7.52. The monoisotopic (exact) mass is 385 g/mol. The minimum absolute atomic E-state index is 0.117. The SMILES string of the molecule is O=C(NS(=O)(=O)c1cnn(C2CCOC2)c1)C(F)(F)Cc1ccccc1. The molecule has 1 aromatic heterocycles. The van der Waals surface area contributed by atoms with Crippen molar-refractivity contribution in [3.8, 4) is 0 Å². The molecule has 1 aromatic carbocycles. The summed E-state index contributed by atoms with van der Waals surface area (Å²) in [6.07, 6.45) is 1.99. The van der Waals surface area contributed by atoms with Crippen LogP contribution in [0.2, 0.25) is 0 Å². The zero-order chi connectivity index (χ0) is 18.8. The van der Waals surface area contributed by atoms with Crippen LogP contribution < -0.4 is 4.72 Å². The largest absolute Gasteiger partial charge is 0.379 e. The third-order valence-electron chi connectivity index (χ3n) is 4.00. The molecule has 140 valence electrons. The average molecular weight is 385 g/mol. The molecule has 1 aliphatic rings. The van der Waals surface area contributed by atoms with Gasteiger partial charge in [0.2, 0.25) is 0 Å². The Morgan fingerprint density at radius 3 is 2.73 bits per heavy atom. The number of alkyl halides is 2. The van der Waals surface area contributed by atoms with Crippen LogP contribution in [0.25, 0.3) is 0 Å². The van der Waals surface area contributed by atoms with Crippen molar-refractivity contribution in [2.75, 3.05) is 13.2 Å². The van der Waals surface area contributed by atoms with E-state index >= 15 is 0 Å². The number of benzene rings is 1. The molecular formula is C16H17F2N3O4S. The van der Waals surface area contributed by atoms with Gasteiger partial charge in [0.1, 0.15) is 4.90 Å². The maximum absolute atomic E-state index is 14.1. The van der Waals surface area contributed by atoms with Crippen LogP contribution in [0.5, 0.6) is 0 Å². The summed E-state index contributed by atoms with van der Waals surface area (Å²) in [4.78, 5) is 11.5. The fourth-order valence-corrected chi connectivity index (χ4v) is 3.52. The second-order valence-corrected chi connectivity index (χ2v) is 7.66. The number of amides is 1. The van der Waals surface area contributed by atoms with Gasteiger partial charge in [-0.1, -0.05) is 30.3 Å². The van der Waals surface area contributed by atoms with Gasteiger partial charge in [-0.25, -0.2) is 13.1 Å². The van der Waals surface area contributed by atoms with Crippen molar-refractivity contribution in [1.82, 2.24) is 14.5 Å². The Hall–Kier alpha value is -2.33. The minimum Gasteiger partial charge on any atom is -0.379 e. The average Bonchev–Trinajstić information content (AvgIpc) is 3.26. The van der Waals surface area contributed by atoms with Crippen LogP contribution in [0, 0.1) is 0 Å². The van der Waals surface area contributed by atoms with Gasteiger partial charge in [-0.2, -0.15) is 13.9 Å². The van der Waals surface area contributed by atoms with E-state index in [0.717, 1.165) is 6.20 Å². The van der Waals surface area contributed by atoms with Crippen molar-refractivity contribution >= 4 is 15.9 Å². The molecule has 3 rings (SSSR count). The first-order valence-electron chi connectivity index (χ1n) is 7.89. The van der Waals surface area contributed by atoms with Crippen LogP contribution in [-0.4, -0.2) is 43.2 Å². The normalized spacial score (nSPS) is 18.0. The van der Waals surface area contributed by atoms with Crippen LogP contribution in [-0.2, 0) is 26.0 Å². The minimum atomic E-state index is -4.45. The standard InChI is InChI=1S/C16H17F2N3O4S/c17-16(18,8-12-4-2-1-3-5-12)15(22)20-26(23,24)14-9-19-21(10-14)13-6-7-25-11-13/h1-5,9-10,13H,6-8,11H2,(H,20,22). The van der Waals surface area contributed by atoms with Gasteiger partial charge in [-0.15, -0.1) is 0 Å². The molecule has 1 fully saturated rings. The highest BCUT2D eigenvalue weighted by molar-refractivity contribution is 7.90. The molecule has 7 nitrogen and oxygen atoms in total. The Bertz CT molecular complexity index is 878. The number of nitrogens with zero attached hydrogens (tertiary/aromatic N) is 2. The maximum atomic E-state index is 14.1. The highest BCUT2D eigenvalue weighted by atomic mass is 32.2. The van der Waals surface area contributed by atoms with Gasteiger partial charge in [0, 0.05) is 19.2 Å². The molecule has 1 amide bonds. The van der Waals surface area contributed by atoms with E-state index in [-0.39, 0.29) is 16.5 Å². The summed E-state index contributed by atoms with van der Waals surface area (Å²) in [7, 11) is -4.45. The molecular weight excluding hydrogens is 368 g/mol. The van der Waals surface area contributed by atoms with Gasteiger partial charge in [-0.05, 0) is 12.0 Å². The molecule has 0 spiro atoms. The van der Waals surface area contributed by atoms with E-state index in [2.05, 4.69) is 5.10 Å². The zero-order valence-corrected chi connectivity index (χ0v) is 14.5. The molecule has 1 saturated heterocycles. The number of sulfonamides is 1. The molecule has 26 heavy (non-hydrogen) atoms. The molecule has 10 heteroatoms. The Labute approximate surface area is 149 Å². The Kier molecular flexibility index (Phi) is 5.05. The second kappa shape index (κ2) is 7.12. The van der Waals surface area contributed by atoms with Crippen molar-refractivity contribution < 1.29 is 26.7 Å². The number of carbonyl (C=O) groups is 1. The van der Waals surface area contributed by atoms with Crippen LogP contribution in [0.3, 0.4) is 0 Å². The molecule has 0 bridgehead atoms. The number of hydrogen-bond acceptors (Lipinski definition) is 5. The highest BCUT2D eigenvalue weighted by Crippen LogP contribution is 2.23. The van der Waals surface area contributed by atoms with E-state index in [9.17, 15) is 22.0 Å². The molecule has 2 heterocycles. The summed E-state index contributed by atoms with van der Waals surface area (Å²) in [5.74, 6) is -5.75. The Morgan fingerprint density at radius 2 is 2.08 bits per heavy atom. The molecule has 2 aromatic rings. The van der Waals surface area contributed by atoms with Crippen LogP contribution >= 0.6 is 0 Å². The number of aromatic nitrogens is 2. The van der Waals surface area contributed by atoms with Gasteiger partial charge < -0.3 is 4.74 Å². The molecule has 0 radical (unpaired) electrons. The predicted molar refractivity (Wildman–Crippen MR) is 87.1 cm³/mol. The number of rotatable bonds is 6. The fourth-order valence-electron chi connectivity index (χ4n) is 2.58. The Morgan fingerprint density at radius 1 is 1.35 bits per heavy atom. The molecule has 1 aliphatic heterocycles. The lowest BCUT2D eigenvalue weighted by atomic mass is 10.1. The summed E-state index contributed by atoms with van der Waals surface area (Å²) < 4.78 is 60.6. The smallest absolute Gasteiger partial charge is 0.329 e. The number of carbonyl (C=O) groups excluding carboxylic acids is 1. The zero-order valence-electron chi connectivity index (χ0n) is 13.6. The van der Waals surface area contributed by atoms with Gasteiger partial charge >= 0.3 is 11.8 Å². The highest BCUT2D eigenvalue weighted by Gasteiger charge is 2.41. The second-order valence-electron chi connectivity index (χ2n) is 5.97. The van der Waals surface area contributed by atoms with Gasteiger partial charge in [0.05, 0.1) is 18.8 Å². The summed E-state index contributed by atoms with van der Waals surface area (Å²) in [6.45, 7) is 0.928. The third-order valence-corrected chi connectivity index (χ3v) is 5.28. The first-order chi connectivity index (χ1) is 12.3. The lowest BCUT2D eigenvalue weighted by molar-refractivity contribution is -0.143. The molecule has 0 aliphatic carbocycles. The molecule has 1 unspecified atom stereocenters. The molecule has 0 saturated carbocycles. The number of hydrogen-bond donors (Lipinski definition) is 1. The van der Waals surface area contributed by atoms with Crippen LogP contribution in [0.1, 0.15) is 18.0 Å².